The van der Waals surface area contributed by atoms with Crippen molar-refractivity contribution in [3.63, 3.8) is 0 Å². The van der Waals surface area contributed by atoms with Gasteiger partial charge in [0.2, 0.25) is 0 Å². The Balaban J connectivity index is 2.51. The molecule has 4 heteroatoms. The summed E-state index contributed by atoms with van der Waals surface area (Å²) < 4.78 is 6.50. The molecular formula is C12H15NO2S. The Hall–Kier alpha value is -1.10. The molecule has 1 aromatic heterocycles. The fraction of sp³-hybridized carbons (Fsp3) is 0.333. The van der Waals surface area contributed by atoms with E-state index in [1.54, 1.807) is 18.4 Å². The fourth-order valence-corrected chi connectivity index (χ4v) is 2.73. The Morgan fingerprint density at radius 3 is 2.94 bits per heavy atom. The van der Waals surface area contributed by atoms with Crippen molar-refractivity contribution < 1.29 is 9.84 Å². The van der Waals surface area contributed by atoms with E-state index in [4.69, 9.17) is 4.74 Å². The van der Waals surface area contributed by atoms with E-state index >= 15 is 0 Å². The minimum absolute atomic E-state index is 0.521. The summed E-state index contributed by atoms with van der Waals surface area (Å²) in [6.45, 7) is 0.521. The number of rotatable bonds is 4. The first kappa shape index (κ1) is 11.4. The maximum Gasteiger partial charge on any atom is 0.142 e. The highest BCUT2D eigenvalue weighted by atomic mass is 32.1. The van der Waals surface area contributed by atoms with E-state index in [1.165, 1.54) is 0 Å². The van der Waals surface area contributed by atoms with Crippen molar-refractivity contribution in [3.05, 3.63) is 29.1 Å². The standard InChI is InChI=1S/C12H15NO2S/c1-13-7-10(14)9-4-3-8-5-6-16-12(8)11(9)15-2/h3-6,10,13-14H,7H2,1-2H3. The first-order chi connectivity index (χ1) is 7.77. The average molecular weight is 237 g/mol. The second kappa shape index (κ2) is 4.82. The fourth-order valence-electron chi connectivity index (χ4n) is 1.80. The third-order valence-electron chi connectivity index (χ3n) is 2.57. The molecule has 2 rings (SSSR count). The van der Waals surface area contributed by atoms with Gasteiger partial charge in [-0.05, 0) is 23.9 Å². The topological polar surface area (TPSA) is 41.5 Å². The summed E-state index contributed by atoms with van der Waals surface area (Å²) in [5, 5.41) is 16.1. The van der Waals surface area contributed by atoms with Crippen molar-refractivity contribution in [3.8, 4) is 5.75 Å². The molecule has 86 valence electrons. The van der Waals surface area contributed by atoms with E-state index in [2.05, 4.69) is 11.4 Å². The predicted molar refractivity (Wildman–Crippen MR) is 67.3 cm³/mol. The molecule has 16 heavy (non-hydrogen) atoms. The molecule has 1 heterocycles. The number of thiophene rings is 1. The first-order valence-corrected chi connectivity index (χ1v) is 6.02. The molecule has 0 spiro atoms. The summed E-state index contributed by atoms with van der Waals surface area (Å²) in [4.78, 5) is 0. The Morgan fingerprint density at radius 2 is 2.25 bits per heavy atom. The number of aliphatic hydroxyl groups excluding tert-OH is 1. The Labute approximate surface area is 98.7 Å². The Bertz CT molecular complexity index is 481. The van der Waals surface area contributed by atoms with Crippen LogP contribution in [0, 0.1) is 0 Å². The van der Waals surface area contributed by atoms with Gasteiger partial charge in [-0.3, -0.25) is 0 Å². The second-order valence-electron chi connectivity index (χ2n) is 3.60. The van der Waals surface area contributed by atoms with Crippen LogP contribution in [-0.4, -0.2) is 25.8 Å². The van der Waals surface area contributed by atoms with Gasteiger partial charge in [0.05, 0.1) is 17.9 Å². The van der Waals surface area contributed by atoms with E-state index < -0.39 is 6.10 Å². The summed E-state index contributed by atoms with van der Waals surface area (Å²) >= 11 is 1.63. The number of aliphatic hydroxyl groups is 1. The summed E-state index contributed by atoms with van der Waals surface area (Å²) in [5.41, 5.74) is 0.840. The Morgan fingerprint density at radius 1 is 1.44 bits per heavy atom. The molecule has 1 unspecified atom stereocenters. The van der Waals surface area contributed by atoms with E-state index in [9.17, 15) is 5.11 Å². The van der Waals surface area contributed by atoms with Gasteiger partial charge in [-0.25, -0.2) is 0 Å². The van der Waals surface area contributed by atoms with Crippen molar-refractivity contribution in [2.24, 2.45) is 0 Å². The van der Waals surface area contributed by atoms with Crippen LogP contribution in [0.5, 0.6) is 5.75 Å². The number of benzene rings is 1. The zero-order valence-electron chi connectivity index (χ0n) is 9.36. The van der Waals surface area contributed by atoms with Crippen LogP contribution in [0.2, 0.25) is 0 Å². The smallest absolute Gasteiger partial charge is 0.142 e. The van der Waals surface area contributed by atoms with Gasteiger partial charge in [-0.15, -0.1) is 11.3 Å². The lowest BCUT2D eigenvalue weighted by Crippen LogP contribution is -2.17. The molecule has 0 fully saturated rings. The van der Waals surface area contributed by atoms with Gasteiger partial charge in [-0.2, -0.15) is 0 Å². The minimum atomic E-state index is -0.536. The summed E-state index contributed by atoms with van der Waals surface area (Å²) in [5.74, 6) is 0.787. The lowest BCUT2D eigenvalue weighted by Gasteiger charge is -2.15. The number of fused-ring (bicyclic) bond motifs is 1. The normalized spacial score (nSPS) is 12.9. The van der Waals surface area contributed by atoms with Crippen molar-refractivity contribution in [1.29, 1.82) is 0 Å². The maximum atomic E-state index is 9.99. The van der Waals surface area contributed by atoms with E-state index in [0.717, 1.165) is 21.4 Å². The molecule has 2 aromatic rings. The van der Waals surface area contributed by atoms with Crippen LogP contribution in [0.3, 0.4) is 0 Å². The van der Waals surface area contributed by atoms with Gasteiger partial charge in [0.1, 0.15) is 5.75 Å². The summed E-state index contributed by atoms with van der Waals surface area (Å²) in [6.07, 6.45) is -0.536. The molecule has 0 aliphatic carbocycles. The highest BCUT2D eigenvalue weighted by Gasteiger charge is 2.15. The van der Waals surface area contributed by atoms with Gasteiger partial charge in [0.25, 0.3) is 0 Å². The van der Waals surface area contributed by atoms with Gasteiger partial charge in [0, 0.05) is 12.1 Å². The van der Waals surface area contributed by atoms with Gasteiger partial charge in [-0.1, -0.05) is 12.1 Å². The SMILES string of the molecule is CNCC(O)c1ccc2ccsc2c1OC. The highest BCUT2D eigenvalue weighted by molar-refractivity contribution is 7.17. The van der Waals surface area contributed by atoms with Crippen molar-refractivity contribution in [2.45, 2.75) is 6.10 Å². The third kappa shape index (κ3) is 1.91. The van der Waals surface area contributed by atoms with E-state index in [-0.39, 0.29) is 0 Å². The molecule has 0 radical (unpaired) electrons. The van der Waals surface area contributed by atoms with Crippen LogP contribution in [0.1, 0.15) is 11.7 Å². The van der Waals surface area contributed by atoms with Crippen LogP contribution in [0.25, 0.3) is 10.1 Å². The van der Waals surface area contributed by atoms with E-state index in [1.807, 2.05) is 24.6 Å². The number of ether oxygens (including phenoxy) is 1. The maximum absolute atomic E-state index is 9.99. The van der Waals surface area contributed by atoms with Gasteiger partial charge in [0.15, 0.2) is 0 Å². The number of nitrogens with one attached hydrogen (secondary N) is 1. The summed E-state index contributed by atoms with van der Waals surface area (Å²) in [6, 6.07) is 6.00. The average Bonchev–Trinajstić information content (AvgIpc) is 2.75. The molecule has 1 atom stereocenters. The third-order valence-corrected chi connectivity index (χ3v) is 3.50. The lowest BCUT2D eigenvalue weighted by atomic mass is 10.1. The number of hydrogen-bond acceptors (Lipinski definition) is 4. The van der Waals surface area contributed by atoms with Crippen LogP contribution in [-0.2, 0) is 0 Å². The molecule has 2 N–H and O–H groups in total. The van der Waals surface area contributed by atoms with Crippen LogP contribution in [0.15, 0.2) is 23.6 Å². The molecule has 0 saturated carbocycles. The highest BCUT2D eigenvalue weighted by Crippen LogP contribution is 2.36. The molecule has 0 saturated heterocycles. The van der Waals surface area contributed by atoms with Crippen molar-refractivity contribution in [1.82, 2.24) is 5.32 Å². The molecule has 0 aliphatic rings. The summed E-state index contributed by atoms with van der Waals surface area (Å²) in [7, 11) is 3.46. The molecule has 0 bridgehead atoms. The molecule has 0 amide bonds. The predicted octanol–water partition coefficient (Wildman–Crippen LogP) is 2.16. The quantitative estimate of drug-likeness (QED) is 0.856. The lowest BCUT2D eigenvalue weighted by molar-refractivity contribution is 0.174. The number of hydrogen-bond donors (Lipinski definition) is 2. The zero-order valence-corrected chi connectivity index (χ0v) is 10.2. The van der Waals surface area contributed by atoms with Gasteiger partial charge >= 0.3 is 0 Å². The van der Waals surface area contributed by atoms with Gasteiger partial charge < -0.3 is 15.2 Å². The minimum Gasteiger partial charge on any atom is -0.495 e. The second-order valence-corrected chi connectivity index (χ2v) is 4.52. The van der Waals surface area contributed by atoms with Crippen LogP contribution >= 0.6 is 11.3 Å². The van der Waals surface area contributed by atoms with E-state index in [0.29, 0.717) is 6.54 Å². The largest absolute Gasteiger partial charge is 0.495 e. The van der Waals surface area contributed by atoms with Crippen molar-refractivity contribution >= 4 is 21.4 Å². The number of likely N-dealkylation sites (N-methyl/N-ethyl adjacent to an activating group) is 1. The van der Waals surface area contributed by atoms with Crippen LogP contribution < -0.4 is 10.1 Å². The molecule has 0 aliphatic heterocycles. The van der Waals surface area contributed by atoms with Crippen LogP contribution in [0.4, 0.5) is 0 Å². The molecular weight excluding hydrogens is 222 g/mol. The van der Waals surface area contributed by atoms with Crippen molar-refractivity contribution in [2.75, 3.05) is 20.7 Å². The first-order valence-electron chi connectivity index (χ1n) is 5.14. The zero-order chi connectivity index (χ0) is 11.5. The monoisotopic (exact) mass is 237 g/mol. The molecule has 3 nitrogen and oxygen atoms in total. The Kier molecular flexibility index (Phi) is 3.43. The molecule has 1 aromatic carbocycles. The number of methoxy groups -OCH3 is 1.